The second kappa shape index (κ2) is 6.41. The molecule has 0 aliphatic rings. The number of nitrogens with one attached hydrogen (secondary N) is 1. The molecule has 0 amide bonds. The second-order valence-corrected chi connectivity index (χ2v) is 6.90. The third-order valence-corrected chi connectivity index (χ3v) is 4.56. The van der Waals surface area contributed by atoms with Crippen molar-refractivity contribution in [2.45, 2.75) is 17.9 Å². The Hall–Kier alpha value is -1.34. The minimum absolute atomic E-state index is 0.0193. The molecule has 0 aliphatic carbocycles. The highest BCUT2D eigenvalue weighted by Crippen LogP contribution is 2.17. The van der Waals surface area contributed by atoms with Crippen molar-refractivity contribution in [3.63, 3.8) is 0 Å². The van der Waals surface area contributed by atoms with E-state index in [1.807, 2.05) is 18.2 Å². The van der Waals surface area contributed by atoms with Gasteiger partial charge in [0.1, 0.15) is 0 Å². The summed E-state index contributed by atoms with van der Waals surface area (Å²) in [6, 6.07) is 7.42. The molecule has 1 heterocycles. The summed E-state index contributed by atoms with van der Waals surface area (Å²) < 4.78 is 28.4. The molecule has 0 unspecified atom stereocenters. The number of aryl methyl sites for hydroxylation is 2. The summed E-state index contributed by atoms with van der Waals surface area (Å²) in [5.41, 5.74) is 1.66. The lowest BCUT2D eigenvalue weighted by Crippen LogP contribution is -2.13. The van der Waals surface area contributed by atoms with Crippen LogP contribution in [0.3, 0.4) is 0 Å². The quantitative estimate of drug-likeness (QED) is 0.808. The van der Waals surface area contributed by atoms with Gasteiger partial charge in [0.05, 0.1) is 6.33 Å². The summed E-state index contributed by atoms with van der Waals surface area (Å²) in [4.78, 5) is 3.86. The van der Waals surface area contributed by atoms with Gasteiger partial charge in [0.15, 0.2) is 5.03 Å². The van der Waals surface area contributed by atoms with Gasteiger partial charge in [-0.3, -0.25) is 4.72 Å². The van der Waals surface area contributed by atoms with Gasteiger partial charge in [-0.15, -0.1) is 0 Å². The van der Waals surface area contributed by atoms with Crippen LogP contribution in [0.5, 0.6) is 0 Å². The SMILES string of the molecule is Cn1cnc(S(=O)(=O)Nc2cccc(CCCBr)c2)c1. The van der Waals surface area contributed by atoms with Gasteiger partial charge in [-0.05, 0) is 30.5 Å². The number of aromatic nitrogens is 2. The average Bonchev–Trinajstić information content (AvgIpc) is 2.84. The zero-order chi connectivity index (χ0) is 14.6. The van der Waals surface area contributed by atoms with Gasteiger partial charge >= 0.3 is 0 Å². The van der Waals surface area contributed by atoms with Crippen molar-refractivity contribution >= 4 is 31.6 Å². The Balaban J connectivity index is 2.17. The number of rotatable bonds is 6. The number of hydrogen-bond donors (Lipinski definition) is 1. The lowest BCUT2D eigenvalue weighted by Gasteiger charge is -2.07. The van der Waals surface area contributed by atoms with Gasteiger partial charge in [-0.25, -0.2) is 4.98 Å². The lowest BCUT2D eigenvalue weighted by atomic mass is 10.1. The molecule has 5 nitrogen and oxygen atoms in total. The molecule has 2 aromatic rings. The van der Waals surface area contributed by atoms with E-state index in [-0.39, 0.29) is 5.03 Å². The zero-order valence-electron chi connectivity index (χ0n) is 11.1. The van der Waals surface area contributed by atoms with Crippen molar-refractivity contribution in [2.24, 2.45) is 7.05 Å². The molecule has 0 bridgehead atoms. The van der Waals surface area contributed by atoms with E-state index in [4.69, 9.17) is 0 Å². The van der Waals surface area contributed by atoms with Crippen LogP contribution in [0.1, 0.15) is 12.0 Å². The number of benzene rings is 1. The molecule has 0 saturated heterocycles. The molecule has 1 aromatic carbocycles. The predicted octanol–water partition coefficient (Wildman–Crippen LogP) is 2.55. The highest BCUT2D eigenvalue weighted by molar-refractivity contribution is 9.09. The normalized spacial score (nSPS) is 11.5. The number of halogens is 1. The Labute approximate surface area is 127 Å². The third-order valence-electron chi connectivity index (χ3n) is 2.73. The topological polar surface area (TPSA) is 64.0 Å². The first-order valence-electron chi connectivity index (χ1n) is 6.17. The Morgan fingerprint density at radius 2 is 2.20 bits per heavy atom. The van der Waals surface area contributed by atoms with Gasteiger partial charge in [0.25, 0.3) is 10.0 Å². The van der Waals surface area contributed by atoms with Crippen LogP contribution in [-0.4, -0.2) is 23.3 Å². The minimum Gasteiger partial charge on any atom is -0.339 e. The van der Waals surface area contributed by atoms with Crippen molar-refractivity contribution in [1.29, 1.82) is 0 Å². The molecule has 20 heavy (non-hydrogen) atoms. The standard InChI is InChI=1S/C13H16BrN3O2S/c1-17-9-13(15-10-17)20(18,19)16-12-6-2-4-11(8-12)5-3-7-14/h2,4,6,8-10,16H,3,5,7H2,1H3. The first kappa shape index (κ1) is 15.1. The summed E-state index contributed by atoms with van der Waals surface area (Å²) in [6.45, 7) is 0. The molecule has 0 saturated carbocycles. The Kier molecular flexibility index (Phi) is 4.82. The number of hydrogen-bond acceptors (Lipinski definition) is 3. The summed E-state index contributed by atoms with van der Waals surface area (Å²) >= 11 is 3.39. The highest BCUT2D eigenvalue weighted by atomic mass is 79.9. The van der Waals surface area contributed by atoms with Crippen LogP contribution < -0.4 is 4.72 Å². The van der Waals surface area contributed by atoms with Crippen LogP contribution in [0, 0.1) is 0 Å². The van der Waals surface area contributed by atoms with Gasteiger partial charge in [0, 0.05) is 24.3 Å². The van der Waals surface area contributed by atoms with E-state index in [2.05, 4.69) is 25.6 Å². The molecule has 108 valence electrons. The Bertz CT molecular complexity index is 682. The van der Waals surface area contributed by atoms with Crippen LogP contribution in [0.15, 0.2) is 41.8 Å². The Morgan fingerprint density at radius 1 is 1.40 bits per heavy atom. The molecular formula is C13H16BrN3O2S. The first-order chi connectivity index (χ1) is 9.51. The van der Waals surface area contributed by atoms with Crippen LogP contribution in [0.2, 0.25) is 0 Å². The van der Waals surface area contributed by atoms with E-state index < -0.39 is 10.0 Å². The van der Waals surface area contributed by atoms with Crippen molar-refractivity contribution in [1.82, 2.24) is 9.55 Å². The summed E-state index contributed by atoms with van der Waals surface area (Å²) in [5.74, 6) is 0. The van der Waals surface area contributed by atoms with E-state index in [0.29, 0.717) is 5.69 Å². The molecular weight excluding hydrogens is 342 g/mol. The van der Waals surface area contributed by atoms with Crippen molar-refractivity contribution in [3.05, 3.63) is 42.4 Å². The van der Waals surface area contributed by atoms with Crippen molar-refractivity contribution < 1.29 is 8.42 Å². The molecule has 0 atom stereocenters. The second-order valence-electron chi connectivity index (χ2n) is 4.48. The molecule has 1 aromatic heterocycles. The number of nitrogens with zero attached hydrogens (tertiary/aromatic N) is 2. The molecule has 1 N–H and O–H groups in total. The maximum absolute atomic E-state index is 12.1. The van der Waals surface area contributed by atoms with Gasteiger partial charge in [0.2, 0.25) is 0 Å². The van der Waals surface area contributed by atoms with E-state index in [0.717, 1.165) is 23.7 Å². The fourth-order valence-corrected chi connectivity index (χ4v) is 3.11. The van der Waals surface area contributed by atoms with Crippen LogP contribution in [0.25, 0.3) is 0 Å². The maximum atomic E-state index is 12.1. The monoisotopic (exact) mass is 357 g/mol. The Morgan fingerprint density at radius 3 is 2.85 bits per heavy atom. The van der Waals surface area contributed by atoms with Gasteiger partial charge < -0.3 is 4.57 Å². The van der Waals surface area contributed by atoms with Crippen molar-refractivity contribution in [3.8, 4) is 0 Å². The van der Waals surface area contributed by atoms with Gasteiger partial charge in [-0.1, -0.05) is 28.1 Å². The molecule has 0 aliphatic heterocycles. The van der Waals surface area contributed by atoms with E-state index in [9.17, 15) is 8.42 Å². The fourth-order valence-electron chi connectivity index (χ4n) is 1.80. The molecule has 0 radical (unpaired) electrons. The largest absolute Gasteiger partial charge is 0.339 e. The first-order valence-corrected chi connectivity index (χ1v) is 8.77. The number of anilines is 1. The fraction of sp³-hybridized carbons (Fsp3) is 0.308. The average molecular weight is 358 g/mol. The molecule has 2 rings (SSSR count). The van der Waals surface area contributed by atoms with Crippen molar-refractivity contribution in [2.75, 3.05) is 10.1 Å². The molecule has 0 spiro atoms. The van der Waals surface area contributed by atoms with Crippen LogP contribution in [-0.2, 0) is 23.5 Å². The number of imidazole rings is 1. The zero-order valence-corrected chi connectivity index (χ0v) is 13.5. The van der Waals surface area contributed by atoms with Crippen LogP contribution in [0.4, 0.5) is 5.69 Å². The molecule has 0 fully saturated rings. The maximum Gasteiger partial charge on any atom is 0.280 e. The van der Waals surface area contributed by atoms with Gasteiger partial charge in [-0.2, -0.15) is 8.42 Å². The minimum atomic E-state index is -3.62. The van der Waals surface area contributed by atoms with Crippen LogP contribution >= 0.6 is 15.9 Å². The molecule has 7 heteroatoms. The number of alkyl halides is 1. The summed E-state index contributed by atoms with van der Waals surface area (Å²) in [7, 11) is -1.89. The third kappa shape index (κ3) is 3.83. The van der Waals surface area contributed by atoms with E-state index >= 15 is 0 Å². The predicted molar refractivity (Wildman–Crippen MR) is 82.6 cm³/mol. The lowest BCUT2D eigenvalue weighted by molar-refractivity contribution is 0.598. The highest BCUT2D eigenvalue weighted by Gasteiger charge is 2.17. The number of sulfonamides is 1. The van der Waals surface area contributed by atoms with E-state index in [1.165, 1.54) is 12.5 Å². The smallest absolute Gasteiger partial charge is 0.280 e. The van der Waals surface area contributed by atoms with E-state index in [1.54, 1.807) is 17.7 Å². The summed E-state index contributed by atoms with van der Waals surface area (Å²) in [6.07, 6.45) is 4.85. The summed E-state index contributed by atoms with van der Waals surface area (Å²) in [5, 5.41) is 0.947.